The van der Waals surface area contributed by atoms with Gasteiger partial charge in [0.1, 0.15) is 6.33 Å². The van der Waals surface area contributed by atoms with Gasteiger partial charge in [-0.25, -0.2) is 14.4 Å². The first-order chi connectivity index (χ1) is 6.84. The van der Waals surface area contributed by atoms with Gasteiger partial charge in [-0.15, -0.1) is 0 Å². The molecule has 0 amide bonds. The summed E-state index contributed by atoms with van der Waals surface area (Å²) in [4.78, 5) is 7.90. The molecule has 0 saturated heterocycles. The van der Waals surface area contributed by atoms with Crippen LogP contribution in [0.15, 0.2) is 30.6 Å². The first-order valence-corrected chi connectivity index (χ1v) is 4.93. The molecular formula is C11H13FN2. The summed E-state index contributed by atoms with van der Waals surface area (Å²) < 4.78 is 13.0. The Bertz CT molecular complexity index is 321. The number of aromatic nitrogens is 2. The van der Waals surface area contributed by atoms with Crippen LogP contribution in [0.3, 0.4) is 0 Å². The quantitative estimate of drug-likeness (QED) is 0.720. The van der Waals surface area contributed by atoms with Gasteiger partial charge in [0.25, 0.3) is 0 Å². The van der Waals surface area contributed by atoms with Gasteiger partial charge < -0.3 is 0 Å². The normalized spacial score (nSPS) is 21.8. The number of nitrogens with zero attached hydrogens (tertiary/aromatic N) is 2. The maximum Gasteiger partial charge on any atom is 0.115 e. The topological polar surface area (TPSA) is 25.8 Å². The van der Waals surface area contributed by atoms with Crippen molar-refractivity contribution >= 4 is 0 Å². The van der Waals surface area contributed by atoms with Crippen molar-refractivity contribution in [3.63, 3.8) is 0 Å². The van der Waals surface area contributed by atoms with E-state index in [0.717, 1.165) is 24.8 Å². The Morgan fingerprint density at radius 2 is 2.14 bits per heavy atom. The van der Waals surface area contributed by atoms with Crippen LogP contribution in [-0.2, 0) is 6.42 Å². The highest BCUT2D eigenvalue weighted by molar-refractivity contribution is 5.07. The zero-order valence-electron chi connectivity index (χ0n) is 7.99. The third kappa shape index (κ3) is 2.37. The Labute approximate surface area is 82.9 Å². The molecule has 2 nitrogen and oxygen atoms in total. The van der Waals surface area contributed by atoms with Gasteiger partial charge in [-0.1, -0.05) is 6.08 Å². The van der Waals surface area contributed by atoms with Gasteiger partial charge >= 0.3 is 0 Å². The van der Waals surface area contributed by atoms with Crippen molar-refractivity contribution in [2.75, 3.05) is 0 Å². The zero-order chi connectivity index (χ0) is 9.80. The second-order valence-corrected chi connectivity index (χ2v) is 3.75. The summed E-state index contributed by atoms with van der Waals surface area (Å²) in [5.74, 6) is 0.462. The minimum atomic E-state index is 0.0399. The molecule has 3 heteroatoms. The van der Waals surface area contributed by atoms with Crippen molar-refractivity contribution in [3.8, 4) is 0 Å². The lowest BCUT2D eigenvalue weighted by Gasteiger charge is -2.18. The van der Waals surface area contributed by atoms with Gasteiger partial charge in [0.15, 0.2) is 0 Å². The highest BCUT2D eigenvalue weighted by Crippen LogP contribution is 2.27. The SMILES string of the molecule is FC1=CCCC(Cc2cncnc2)C1. The van der Waals surface area contributed by atoms with Crippen LogP contribution in [0.1, 0.15) is 24.8 Å². The molecule has 74 valence electrons. The van der Waals surface area contributed by atoms with Crippen molar-refractivity contribution in [3.05, 3.63) is 36.2 Å². The molecule has 1 unspecified atom stereocenters. The van der Waals surface area contributed by atoms with E-state index in [1.807, 2.05) is 12.4 Å². The fourth-order valence-electron chi connectivity index (χ4n) is 1.88. The summed E-state index contributed by atoms with van der Waals surface area (Å²) in [5, 5.41) is 0. The van der Waals surface area contributed by atoms with Gasteiger partial charge in [0.05, 0.1) is 5.83 Å². The van der Waals surface area contributed by atoms with Crippen LogP contribution in [0, 0.1) is 5.92 Å². The second kappa shape index (κ2) is 4.31. The number of hydrogen-bond donors (Lipinski definition) is 0. The predicted molar refractivity (Wildman–Crippen MR) is 52.3 cm³/mol. The fourth-order valence-corrected chi connectivity index (χ4v) is 1.88. The van der Waals surface area contributed by atoms with Gasteiger partial charge in [0.2, 0.25) is 0 Å². The lowest BCUT2D eigenvalue weighted by molar-refractivity contribution is 0.406. The maximum absolute atomic E-state index is 13.0. The van der Waals surface area contributed by atoms with Gasteiger partial charge in [-0.3, -0.25) is 0 Å². The Kier molecular flexibility index (Phi) is 2.87. The van der Waals surface area contributed by atoms with E-state index >= 15 is 0 Å². The maximum atomic E-state index is 13.0. The third-order valence-corrected chi connectivity index (χ3v) is 2.56. The summed E-state index contributed by atoms with van der Waals surface area (Å²) in [7, 11) is 0. The molecule has 0 spiro atoms. The number of rotatable bonds is 2. The molecule has 0 radical (unpaired) electrons. The molecule has 1 aromatic heterocycles. The fraction of sp³-hybridized carbons (Fsp3) is 0.455. The van der Waals surface area contributed by atoms with E-state index in [1.165, 1.54) is 6.33 Å². The molecule has 0 fully saturated rings. The Morgan fingerprint density at radius 3 is 2.86 bits per heavy atom. The average Bonchev–Trinajstić information content (AvgIpc) is 2.19. The van der Waals surface area contributed by atoms with Crippen LogP contribution in [0.5, 0.6) is 0 Å². The van der Waals surface area contributed by atoms with E-state index in [2.05, 4.69) is 9.97 Å². The molecule has 1 aliphatic rings. The summed E-state index contributed by atoms with van der Waals surface area (Å²) in [5.41, 5.74) is 1.10. The van der Waals surface area contributed by atoms with Crippen LogP contribution >= 0.6 is 0 Å². The van der Waals surface area contributed by atoms with Crippen LogP contribution in [0.4, 0.5) is 4.39 Å². The first-order valence-electron chi connectivity index (χ1n) is 4.93. The van der Waals surface area contributed by atoms with E-state index < -0.39 is 0 Å². The van der Waals surface area contributed by atoms with E-state index in [0.29, 0.717) is 12.3 Å². The van der Waals surface area contributed by atoms with Crippen LogP contribution in [0.25, 0.3) is 0 Å². The number of allylic oxidation sites excluding steroid dienone is 2. The van der Waals surface area contributed by atoms with Crippen molar-refractivity contribution in [2.24, 2.45) is 5.92 Å². The molecule has 1 heterocycles. The monoisotopic (exact) mass is 192 g/mol. The number of halogens is 1. The smallest absolute Gasteiger partial charge is 0.115 e. The molecule has 0 aliphatic heterocycles. The molecule has 0 bridgehead atoms. The molecular weight excluding hydrogens is 179 g/mol. The van der Waals surface area contributed by atoms with Crippen LogP contribution < -0.4 is 0 Å². The van der Waals surface area contributed by atoms with E-state index in [9.17, 15) is 4.39 Å². The largest absolute Gasteiger partial charge is 0.245 e. The summed E-state index contributed by atoms with van der Waals surface area (Å²) in [6.07, 6.45) is 10.2. The number of hydrogen-bond acceptors (Lipinski definition) is 2. The van der Waals surface area contributed by atoms with Crippen molar-refractivity contribution in [1.29, 1.82) is 0 Å². The Balaban J connectivity index is 1.96. The lowest BCUT2D eigenvalue weighted by Crippen LogP contribution is -2.08. The minimum absolute atomic E-state index is 0.0399. The molecule has 1 atom stereocenters. The van der Waals surface area contributed by atoms with E-state index in [1.54, 1.807) is 6.08 Å². The molecule has 0 saturated carbocycles. The van der Waals surface area contributed by atoms with Gasteiger partial charge in [-0.05, 0) is 30.7 Å². The Hall–Kier alpha value is -1.25. The summed E-state index contributed by atoms with van der Waals surface area (Å²) in [6.45, 7) is 0. The second-order valence-electron chi connectivity index (χ2n) is 3.75. The minimum Gasteiger partial charge on any atom is -0.245 e. The summed E-state index contributed by atoms with van der Waals surface area (Å²) >= 11 is 0. The lowest BCUT2D eigenvalue weighted by atomic mass is 9.89. The summed E-state index contributed by atoms with van der Waals surface area (Å²) in [6, 6.07) is 0. The molecule has 1 aromatic rings. The van der Waals surface area contributed by atoms with Gasteiger partial charge in [0, 0.05) is 18.8 Å². The average molecular weight is 192 g/mol. The van der Waals surface area contributed by atoms with Gasteiger partial charge in [-0.2, -0.15) is 0 Å². The standard InChI is InChI=1S/C11H13FN2/c12-11-3-1-2-9(5-11)4-10-6-13-8-14-7-10/h3,6-9H,1-2,4-5H2. The third-order valence-electron chi connectivity index (χ3n) is 2.56. The van der Waals surface area contributed by atoms with Crippen molar-refractivity contribution < 1.29 is 4.39 Å². The molecule has 0 aromatic carbocycles. The highest BCUT2D eigenvalue weighted by atomic mass is 19.1. The first kappa shape index (κ1) is 9.31. The highest BCUT2D eigenvalue weighted by Gasteiger charge is 2.15. The molecule has 1 aliphatic carbocycles. The Morgan fingerprint density at radius 1 is 1.36 bits per heavy atom. The predicted octanol–water partition coefficient (Wildman–Crippen LogP) is 2.67. The zero-order valence-corrected chi connectivity index (χ0v) is 7.99. The van der Waals surface area contributed by atoms with E-state index in [4.69, 9.17) is 0 Å². The van der Waals surface area contributed by atoms with Crippen molar-refractivity contribution in [2.45, 2.75) is 25.7 Å². The molecule has 0 N–H and O–H groups in total. The molecule has 2 rings (SSSR count). The molecule has 14 heavy (non-hydrogen) atoms. The van der Waals surface area contributed by atoms with Crippen LogP contribution in [0.2, 0.25) is 0 Å². The van der Waals surface area contributed by atoms with E-state index in [-0.39, 0.29) is 5.83 Å². The van der Waals surface area contributed by atoms with Crippen LogP contribution in [-0.4, -0.2) is 9.97 Å². The van der Waals surface area contributed by atoms with Crippen molar-refractivity contribution in [1.82, 2.24) is 9.97 Å².